The molecule has 3 aromatic heterocycles. The van der Waals surface area contributed by atoms with Crippen LogP contribution in [0.15, 0.2) is 70.4 Å². The lowest BCUT2D eigenvalue weighted by Crippen LogP contribution is -2.51. The molecule has 1 saturated heterocycles. The second-order valence-corrected chi connectivity index (χ2v) is 12.4. The minimum atomic E-state index is -4.50. The summed E-state index contributed by atoms with van der Waals surface area (Å²) in [5.41, 5.74) is -0.190. The fourth-order valence-corrected chi connectivity index (χ4v) is 7.98. The minimum absolute atomic E-state index is 0.0262. The van der Waals surface area contributed by atoms with E-state index < -0.39 is 45.1 Å². The predicted octanol–water partition coefficient (Wildman–Crippen LogP) is 4.66. The number of sulfonamides is 1. The predicted molar refractivity (Wildman–Crippen MR) is 132 cm³/mol. The number of rotatable bonds is 6. The van der Waals surface area contributed by atoms with Crippen molar-refractivity contribution in [3.8, 4) is 11.3 Å². The van der Waals surface area contributed by atoms with E-state index in [9.17, 15) is 30.8 Å². The van der Waals surface area contributed by atoms with Crippen LogP contribution in [-0.2, 0) is 27.5 Å². The van der Waals surface area contributed by atoms with Crippen LogP contribution in [0.4, 0.5) is 17.6 Å². The lowest BCUT2D eigenvalue weighted by Gasteiger charge is -2.31. The van der Waals surface area contributed by atoms with Gasteiger partial charge in [0, 0.05) is 34.9 Å². The van der Waals surface area contributed by atoms with Crippen LogP contribution in [0.2, 0.25) is 0 Å². The number of hydrogen-bond acceptors (Lipinski definition) is 6. The molecule has 2 saturated carbocycles. The highest BCUT2D eigenvalue weighted by atomic mass is 32.2. The van der Waals surface area contributed by atoms with Crippen LogP contribution in [0.1, 0.15) is 30.5 Å². The van der Waals surface area contributed by atoms with E-state index >= 15 is 0 Å². The highest BCUT2D eigenvalue weighted by Crippen LogP contribution is 2.88. The van der Waals surface area contributed by atoms with E-state index in [0.717, 1.165) is 12.3 Å². The zero-order valence-corrected chi connectivity index (χ0v) is 21.4. The number of nitrogens with zero attached hydrogens (tertiary/aromatic N) is 3. The van der Waals surface area contributed by atoms with Gasteiger partial charge in [-0.3, -0.25) is 14.8 Å². The number of alkyl halides is 3. The summed E-state index contributed by atoms with van der Waals surface area (Å²) in [6, 6.07) is 9.42. The second kappa shape index (κ2) is 8.10. The molecule has 8 nitrogen and oxygen atoms in total. The number of benzene rings is 1. The average molecular weight is 573 g/mol. The zero-order chi connectivity index (χ0) is 28.1. The topological polar surface area (TPSA) is 105 Å². The molecule has 3 fully saturated rings. The molecule has 4 heterocycles. The average Bonchev–Trinajstić information content (AvgIpc) is 3.54. The Bertz CT molecular complexity index is 1800. The molecular formula is C27H20F4N4O4S. The van der Waals surface area contributed by atoms with Crippen LogP contribution in [0.3, 0.4) is 0 Å². The van der Waals surface area contributed by atoms with E-state index in [1.54, 1.807) is 12.1 Å². The lowest BCUT2D eigenvalue weighted by molar-refractivity contribution is -0.137. The molecule has 0 radical (unpaired) electrons. The third-order valence-electron chi connectivity index (χ3n) is 8.21. The molecule has 0 spiro atoms. The molecule has 1 N–H and O–H groups in total. The van der Waals surface area contributed by atoms with Crippen LogP contribution in [0.25, 0.3) is 22.2 Å². The Morgan fingerprint density at radius 3 is 2.62 bits per heavy atom. The molecule has 1 amide bonds. The van der Waals surface area contributed by atoms with Gasteiger partial charge >= 0.3 is 6.18 Å². The van der Waals surface area contributed by atoms with Crippen molar-refractivity contribution < 1.29 is 35.2 Å². The van der Waals surface area contributed by atoms with E-state index in [2.05, 4.69) is 15.3 Å². The molecule has 0 bridgehead atoms. The summed E-state index contributed by atoms with van der Waals surface area (Å²) < 4.78 is 86.4. The van der Waals surface area contributed by atoms with Gasteiger partial charge in [-0.1, -0.05) is 0 Å². The maximum absolute atomic E-state index is 13.7. The number of halogens is 4. The van der Waals surface area contributed by atoms with Gasteiger partial charge in [-0.2, -0.15) is 17.5 Å². The van der Waals surface area contributed by atoms with Gasteiger partial charge in [-0.15, -0.1) is 0 Å². The van der Waals surface area contributed by atoms with Gasteiger partial charge in [0.1, 0.15) is 17.4 Å². The van der Waals surface area contributed by atoms with Crippen LogP contribution in [-0.4, -0.2) is 40.2 Å². The maximum atomic E-state index is 13.7. The van der Waals surface area contributed by atoms with Crippen molar-refractivity contribution in [2.24, 2.45) is 5.41 Å². The van der Waals surface area contributed by atoms with Gasteiger partial charge in [0.25, 0.3) is 10.0 Å². The van der Waals surface area contributed by atoms with Gasteiger partial charge in [0.2, 0.25) is 11.0 Å². The standard InChI is InChI=1S/C27H20F4N4O4S/c28-18-2-4-22-16(7-18)9-23(39-22)40(37,38)35-21(10-25-13-26(25,35)14-25)24(36)34-12-19-8-15(5-6-32-19)20-3-1-17(11-33-20)27(29,30)31/h1-9,11,21H,10,12-14H2,(H,34,36)/t21-,25?,26?/m0/s1. The smallest absolute Gasteiger partial charge is 0.417 e. The Hall–Kier alpha value is -3.84. The normalized spacial score (nSPS) is 25.4. The van der Waals surface area contributed by atoms with Crippen molar-refractivity contribution in [2.75, 3.05) is 0 Å². The zero-order valence-electron chi connectivity index (χ0n) is 20.6. The molecule has 4 aromatic rings. The summed E-state index contributed by atoms with van der Waals surface area (Å²) in [5, 5.41) is 2.72. The molecule has 0 unspecified atom stereocenters. The molecule has 1 aromatic carbocycles. The van der Waals surface area contributed by atoms with Gasteiger partial charge in [0.05, 0.1) is 23.5 Å². The first kappa shape index (κ1) is 25.1. The minimum Gasteiger partial charge on any atom is -0.443 e. The van der Waals surface area contributed by atoms with Crippen molar-refractivity contribution in [3.63, 3.8) is 0 Å². The van der Waals surface area contributed by atoms with Gasteiger partial charge < -0.3 is 9.73 Å². The fraction of sp³-hybridized carbons (Fsp3) is 0.296. The first-order valence-electron chi connectivity index (χ1n) is 12.4. The SMILES string of the molecule is O=C(NCc1cc(-c2ccc(C(F)(F)F)cn2)ccn1)[C@@H]1CC23CC2(C3)N1S(=O)(=O)c1cc2cc(F)ccc2o1. The Morgan fingerprint density at radius 1 is 1.10 bits per heavy atom. The molecule has 13 heteroatoms. The molecule has 2 aliphatic carbocycles. The van der Waals surface area contributed by atoms with Crippen molar-refractivity contribution in [3.05, 3.63) is 78.0 Å². The van der Waals surface area contributed by atoms with E-state index in [1.807, 2.05) is 0 Å². The van der Waals surface area contributed by atoms with Crippen molar-refractivity contribution >= 4 is 26.9 Å². The third kappa shape index (κ3) is 3.74. The molecular weight excluding hydrogens is 552 g/mol. The molecule has 7 rings (SSSR count). The molecule has 3 aliphatic rings. The summed E-state index contributed by atoms with van der Waals surface area (Å²) >= 11 is 0. The molecule has 1 atom stereocenters. The van der Waals surface area contributed by atoms with Crippen molar-refractivity contribution in [1.29, 1.82) is 0 Å². The van der Waals surface area contributed by atoms with Crippen molar-refractivity contribution in [1.82, 2.24) is 19.6 Å². The highest BCUT2D eigenvalue weighted by Gasteiger charge is 2.92. The Kier molecular flexibility index (Phi) is 5.09. The number of amides is 1. The summed E-state index contributed by atoms with van der Waals surface area (Å²) in [6.45, 7) is -0.0262. The number of piperidine rings is 2. The van der Waals surface area contributed by atoms with Crippen LogP contribution in [0.5, 0.6) is 0 Å². The van der Waals surface area contributed by atoms with Gasteiger partial charge in [0.15, 0.2) is 0 Å². The van der Waals surface area contributed by atoms with Gasteiger partial charge in [-0.25, -0.2) is 12.8 Å². The Balaban J connectivity index is 1.09. The quantitative estimate of drug-likeness (QED) is 0.337. The van der Waals surface area contributed by atoms with Crippen molar-refractivity contribution in [2.45, 2.75) is 48.7 Å². The summed E-state index contributed by atoms with van der Waals surface area (Å²) in [7, 11) is -4.20. The molecule has 206 valence electrons. The number of carbonyl (C=O) groups excluding carboxylic acids is 1. The number of hydrogen-bond donors (Lipinski definition) is 1. The summed E-state index contributed by atoms with van der Waals surface area (Å²) in [5.74, 6) is -1.01. The van der Waals surface area contributed by atoms with E-state index in [0.29, 0.717) is 41.6 Å². The van der Waals surface area contributed by atoms with Crippen LogP contribution < -0.4 is 5.32 Å². The Morgan fingerprint density at radius 2 is 1.90 bits per heavy atom. The number of nitrogens with one attached hydrogen (secondary N) is 1. The second-order valence-electron chi connectivity index (χ2n) is 10.6. The monoisotopic (exact) mass is 572 g/mol. The number of aromatic nitrogens is 2. The van der Waals surface area contributed by atoms with E-state index in [4.69, 9.17) is 4.42 Å². The first-order chi connectivity index (χ1) is 18.9. The number of furan rings is 1. The highest BCUT2D eigenvalue weighted by molar-refractivity contribution is 7.89. The molecule has 1 aliphatic heterocycles. The maximum Gasteiger partial charge on any atom is 0.417 e. The number of carbonyl (C=O) groups is 1. The van der Waals surface area contributed by atoms with Crippen LogP contribution in [0, 0.1) is 11.2 Å². The largest absolute Gasteiger partial charge is 0.443 e. The number of pyridine rings is 2. The first-order valence-corrected chi connectivity index (χ1v) is 13.9. The lowest BCUT2D eigenvalue weighted by atomic mass is 10.0. The third-order valence-corrected chi connectivity index (χ3v) is 10.0. The summed E-state index contributed by atoms with van der Waals surface area (Å²) in [4.78, 5) is 21.4. The van der Waals surface area contributed by atoms with Crippen LogP contribution >= 0.6 is 0 Å². The van der Waals surface area contributed by atoms with E-state index in [1.165, 1.54) is 40.8 Å². The number of fused-ring (bicyclic) bond motifs is 1. The van der Waals surface area contributed by atoms with Gasteiger partial charge in [-0.05, 0) is 67.1 Å². The van der Waals surface area contributed by atoms with E-state index in [-0.39, 0.29) is 22.6 Å². The summed E-state index contributed by atoms with van der Waals surface area (Å²) in [6.07, 6.45) is -0.544. The fourth-order valence-electron chi connectivity index (χ4n) is 6.03. The Labute approximate surface area is 225 Å². The molecule has 40 heavy (non-hydrogen) atoms.